The first kappa shape index (κ1) is 19.5. The Morgan fingerprint density at radius 2 is 1.42 bits per heavy atom. The van der Waals surface area contributed by atoms with Crippen LogP contribution in [0.5, 0.6) is 0 Å². The van der Waals surface area contributed by atoms with Crippen molar-refractivity contribution in [3.63, 3.8) is 0 Å². The van der Waals surface area contributed by atoms with Gasteiger partial charge in [-0.25, -0.2) is 9.59 Å². The number of carbonyl (C=O) groups is 1. The standard InChI is InChI=1S/C6H12O6.C5H4N4O3/c7-1-3(9)5(11)6(12)4(10)2-8;10-3-1-2(7-4(11)6-1)8-5(12)9-3/h1,3-6,8-12H,2H2;(H4,6,7,8,9,10,11,12)/t3-,4+,5+,6+;/m0./s1. The third kappa shape index (κ3) is 4.71. The van der Waals surface area contributed by atoms with E-state index in [9.17, 15) is 19.2 Å². The highest BCUT2D eigenvalue weighted by Gasteiger charge is 2.29. The van der Waals surface area contributed by atoms with Crippen LogP contribution in [0.15, 0.2) is 14.4 Å². The van der Waals surface area contributed by atoms with Crippen molar-refractivity contribution in [2.75, 3.05) is 6.61 Å². The summed E-state index contributed by atoms with van der Waals surface area (Å²) in [6.45, 7) is -0.760. The molecule has 0 bridgehead atoms. The van der Waals surface area contributed by atoms with E-state index in [1.807, 2.05) is 4.98 Å². The maximum absolute atomic E-state index is 10.9. The summed E-state index contributed by atoms with van der Waals surface area (Å²) in [6.07, 6.45) is -6.84. The summed E-state index contributed by atoms with van der Waals surface area (Å²) < 4.78 is 0. The van der Waals surface area contributed by atoms with Gasteiger partial charge in [0, 0.05) is 0 Å². The molecule has 0 aliphatic rings. The predicted molar refractivity (Wildman–Crippen MR) is 77.3 cm³/mol. The first-order valence-electron chi connectivity index (χ1n) is 6.44. The van der Waals surface area contributed by atoms with Gasteiger partial charge in [0.15, 0.2) is 6.29 Å². The minimum Gasteiger partial charge on any atom is -0.394 e. The van der Waals surface area contributed by atoms with Gasteiger partial charge in [-0.15, -0.1) is 0 Å². The summed E-state index contributed by atoms with van der Waals surface area (Å²) >= 11 is 0. The number of aromatic amines is 4. The summed E-state index contributed by atoms with van der Waals surface area (Å²) in [6, 6.07) is 0. The molecule has 2 aromatic rings. The highest BCUT2D eigenvalue weighted by molar-refractivity contribution is 5.67. The van der Waals surface area contributed by atoms with Gasteiger partial charge in [-0.05, 0) is 0 Å². The van der Waals surface area contributed by atoms with Gasteiger partial charge in [0.1, 0.15) is 35.6 Å². The van der Waals surface area contributed by atoms with E-state index < -0.39 is 48.0 Å². The third-order valence-electron chi connectivity index (χ3n) is 2.84. The number of H-pyrrole nitrogens is 4. The topological polar surface area (TPSA) is 233 Å². The second-order valence-corrected chi connectivity index (χ2v) is 4.60. The first-order chi connectivity index (χ1) is 11.2. The number of fused-ring (bicyclic) bond motifs is 1. The van der Waals surface area contributed by atoms with E-state index >= 15 is 0 Å². The van der Waals surface area contributed by atoms with Crippen LogP contribution in [-0.2, 0) is 4.79 Å². The van der Waals surface area contributed by atoms with E-state index in [0.29, 0.717) is 0 Å². The van der Waals surface area contributed by atoms with Crippen molar-refractivity contribution >= 4 is 17.5 Å². The molecule has 9 N–H and O–H groups in total. The molecule has 0 aliphatic carbocycles. The van der Waals surface area contributed by atoms with Crippen molar-refractivity contribution in [1.82, 2.24) is 19.9 Å². The number of hydrogen-bond acceptors (Lipinski definition) is 9. The van der Waals surface area contributed by atoms with Crippen LogP contribution in [0.2, 0.25) is 0 Å². The zero-order valence-electron chi connectivity index (χ0n) is 12.0. The van der Waals surface area contributed by atoms with E-state index in [1.54, 1.807) is 0 Å². The molecule has 24 heavy (non-hydrogen) atoms. The molecule has 13 heteroatoms. The van der Waals surface area contributed by atoms with Crippen LogP contribution in [0.4, 0.5) is 0 Å². The number of aliphatic hydroxyl groups excluding tert-OH is 5. The molecular weight excluding hydrogens is 332 g/mol. The lowest BCUT2D eigenvalue weighted by Crippen LogP contribution is -2.46. The maximum atomic E-state index is 10.9. The molecule has 2 heterocycles. The second-order valence-electron chi connectivity index (χ2n) is 4.60. The minimum atomic E-state index is -1.79. The maximum Gasteiger partial charge on any atom is 0.327 e. The summed E-state index contributed by atoms with van der Waals surface area (Å²) in [7, 11) is 0. The van der Waals surface area contributed by atoms with Crippen LogP contribution in [0.3, 0.4) is 0 Å². The van der Waals surface area contributed by atoms with Crippen molar-refractivity contribution in [1.29, 1.82) is 0 Å². The SMILES string of the molecule is O=C[C@H](O)[C@@H](O)[C@H](O)[C@H](O)CO.O=c1[nH]c(=O)c2[nH]c(=O)[nH]c2[nH]1. The summed E-state index contributed by atoms with van der Waals surface area (Å²) in [4.78, 5) is 50.9. The fraction of sp³-hybridized carbons (Fsp3) is 0.455. The number of aliphatic hydroxyl groups is 5. The number of imidazole rings is 1. The lowest BCUT2D eigenvalue weighted by molar-refractivity contribution is -0.136. The Morgan fingerprint density at radius 1 is 0.875 bits per heavy atom. The van der Waals surface area contributed by atoms with Gasteiger partial charge in [0.2, 0.25) is 0 Å². The molecule has 0 saturated heterocycles. The molecule has 4 atom stereocenters. The van der Waals surface area contributed by atoms with Gasteiger partial charge in [-0.3, -0.25) is 24.7 Å². The molecule has 0 unspecified atom stereocenters. The Kier molecular flexibility index (Phi) is 6.75. The van der Waals surface area contributed by atoms with Crippen LogP contribution in [0.25, 0.3) is 11.2 Å². The monoisotopic (exact) mass is 348 g/mol. The Bertz CT molecular complexity index is 834. The molecule has 134 valence electrons. The summed E-state index contributed by atoms with van der Waals surface area (Å²) in [5.74, 6) is 0. The van der Waals surface area contributed by atoms with Crippen molar-refractivity contribution in [3.05, 3.63) is 31.3 Å². The van der Waals surface area contributed by atoms with Gasteiger partial charge in [-0.1, -0.05) is 0 Å². The number of rotatable bonds is 5. The predicted octanol–water partition coefficient (Wildman–Crippen LogP) is -5.15. The zero-order chi connectivity index (χ0) is 18.4. The lowest BCUT2D eigenvalue weighted by Gasteiger charge is -2.22. The molecule has 13 nitrogen and oxygen atoms in total. The van der Waals surface area contributed by atoms with E-state index in [1.165, 1.54) is 0 Å². The van der Waals surface area contributed by atoms with Gasteiger partial charge >= 0.3 is 11.4 Å². The summed E-state index contributed by atoms with van der Waals surface area (Å²) in [5, 5.41) is 43.5. The Balaban J connectivity index is 0.000000240. The average molecular weight is 348 g/mol. The van der Waals surface area contributed by atoms with Gasteiger partial charge < -0.3 is 30.3 Å². The Hall–Kier alpha value is -2.58. The smallest absolute Gasteiger partial charge is 0.327 e. The van der Waals surface area contributed by atoms with Crippen molar-refractivity contribution < 1.29 is 30.3 Å². The molecule has 0 saturated carbocycles. The van der Waals surface area contributed by atoms with Crippen LogP contribution >= 0.6 is 0 Å². The van der Waals surface area contributed by atoms with Gasteiger partial charge in [-0.2, -0.15) is 0 Å². The van der Waals surface area contributed by atoms with E-state index in [4.69, 9.17) is 25.5 Å². The van der Waals surface area contributed by atoms with Crippen LogP contribution in [-0.4, -0.2) is 82.8 Å². The molecule has 0 aliphatic heterocycles. The Morgan fingerprint density at radius 3 is 1.92 bits per heavy atom. The van der Waals surface area contributed by atoms with Gasteiger partial charge in [0.05, 0.1) is 6.61 Å². The quantitative estimate of drug-likeness (QED) is 0.235. The molecule has 0 radical (unpaired) electrons. The Labute approximate surface area is 131 Å². The second kappa shape index (κ2) is 8.32. The number of aromatic nitrogens is 4. The van der Waals surface area contributed by atoms with Crippen LogP contribution < -0.4 is 16.9 Å². The number of nitrogens with one attached hydrogen (secondary N) is 4. The van der Waals surface area contributed by atoms with E-state index in [0.717, 1.165) is 0 Å². The normalized spacial score (nSPS) is 15.9. The largest absolute Gasteiger partial charge is 0.394 e. The lowest BCUT2D eigenvalue weighted by atomic mass is 10.0. The van der Waals surface area contributed by atoms with Crippen molar-refractivity contribution in [3.8, 4) is 0 Å². The summed E-state index contributed by atoms with van der Waals surface area (Å²) in [5.41, 5.74) is -1.65. The van der Waals surface area contributed by atoms with Crippen LogP contribution in [0.1, 0.15) is 0 Å². The van der Waals surface area contributed by atoms with Crippen LogP contribution in [0, 0.1) is 0 Å². The first-order valence-corrected chi connectivity index (χ1v) is 6.44. The average Bonchev–Trinajstić information content (AvgIpc) is 2.93. The molecule has 0 spiro atoms. The fourth-order valence-corrected chi connectivity index (χ4v) is 1.58. The molecule has 2 rings (SSSR count). The highest BCUT2D eigenvalue weighted by atomic mass is 16.4. The third-order valence-corrected chi connectivity index (χ3v) is 2.84. The molecule has 0 amide bonds. The van der Waals surface area contributed by atoms with E-state index in [2.05, 4.69) is 15.0 Å². The zero-order valence-corrected chi connectivity index (χ0v) is 12.0. The van der Waals surface area contributed by atoms with E-state index in [-0.39, 0.29) is 17.5 Å². The molecular formula is C11H16N4O9. The minimum absolute atomic E-state index is 0.0258. The van der Waals surface area contributed by atoms with Crippen molar-refractivity contribution in [2.24, 2.45) is 0 Å². The number of aldehydes is 1. The fourth-order valence-electron chi connectivity index (χ4n) is 1.58. The van der Waals surface area contributed by atoms with Gasteiger partial charge in [0.25, 0.3) is 5.56 Å². The molecule has 2 aromatic heterocycles. The molecule has 0 fully saturated rings. The molecule has 0 aromatic carbocycles. The highest BCUT2D eigenvalue weighted by Crippen LogP contribution is 2.02. The number of carbonyl (C=O) groups excluding carboxylic acids is 1. The van der Waals surface area contributed by atoms with Crippen molar-refractivity contribution in [2.45, 2.75) is 24.4 Å². The number of hydrogen-bond donors (Lipinski definition) is 9.